The minimum Gasteiger partial charge on any atom is -0.506 e. The first-order valence-electron chi connectivity index (χ1n) is 4.59. The molecule has 1 aromatic rings. The molecule has 0 aliphatic carbocycles. The normalized spacial score (nSPS) is 22.0. The zero-order valence-electron chi connectivity index (χ0n) is 7.46. The molecule has 3 heteroatoms. The zero-order valence-corrected chi connectivity index (χ0v) is 7.46. The summed E-state index contributed by atoms with van der Waals surface area (Å²) in [7, 11) is 0. The average molecular weight is 178 g/mol. The lowest BCUT2D eigenvalue weighted by Crippen LogP contribution is -2.12. The van der Waals surface area contributed by atoms with Gasteiger partial charge in [0.1, 0.15) is 5.75 Å². The van der Waals surface area contributed by atoms with Crippen molar-refractivity contribution in [3.05, 3.63) is 23.8 Å². The van der Waals surface area contributed by atoms with Crippen LogP contribution in [-0.4, -0.2) is 11.7 Å². The molecule has 0 aromatic heterocycles. The van der Waals surface area contributed by atoms with Crippen LogP contribution in [0.3, 0.4) is 0 Å². The van der Waals surface area contributed by atoms with E-state index < -0.39 is 0 Å². The molecule has 0 spiro atoms. The highest BCUT2D eigenvalue weighted by Crippen LogP contribution is 2.28. The van der Waals surface area contributed by atoms with Crippen molar-refractivity contribution in [2.75, 3.05) is 12.3 Å². The SMILES string of the molecule is Nc1cc(C2CCCN2)ccc1O. The van der Waals surface area contributed by atoms with Crippen LogP contribution in [0.5, 0.6) is 5.75 Å². The lowest BCUT2D eigenvalue weighted by molar-refractivity contribution is 0.477. The van der Waals surface area contributed by atoms with E-state index in [4.69, 9.17) is 5.73 Å². The molecule has 0 amide bonds. The quantitative estimate of drug-likeness (QED) is 0.450. The Bertz CT molecular complexity index is 306. The lowest BCUT2D eigenvalue weighted by atomic mass is 10.0. The summed E-state index contributed by atoms with van der Waals surface area (Å²) in [5, 5.41) is 12.6. The van der Waals surface area contributed by atoms with Crippen molar-refractivity contribution in [1.82, 2.24) is 5.32 Å². The number of hydrogen-bond donors (Lipinski definition) is 3. The van der Waals surface area contributed by atoms with E-state index in [1.54, 1.807) is 6.07 Å². The molecule has 2 rings (SSSR count). The van der Waals surface area contributed by atoms with E-state index in [1.807, 2.05) is 12.1 Å². The van der Waals surface area contributed by atoms with Crippen molar-refractivity contribution in [3.8, 4) is 5.75 Å². The van der Waals surface area contributed by atoms with Gasteiger partial charge in [-0.3, -0.25) is 0 Å². The Morgan fingerprint density at radius 1 is 1.46 bits per heavy atom. The third kappa shape index (κ3) is 1.60. The fraction of sp³-hybridized carbons (Fsp3) is 0.400. The minimum atomic E-state index is 0.168. The Kier molecular flexibility index (Phi) is 2.10. The second-order valence-electron chi connectivity index (χ2n) is 3.47. The van der Waals surface area contributed by atoms with E-state index in [-0.39, 0.29) is 5.75 Å². The van der Waals surface area contributed by atoms with Gasteiger partial charge in [-0.05, 0) is 37.1 Å². The maximum atomic E-state index is 9.24. The Morgan fingerprint density at radius 3 is 2.92 bits per heavy atom. The van der Waals surface area contributed by atoms with E-state index in [0.29, 0.717) is 11.7 Å². The summed E-state index contributed by atoms with van der Waals surface area (Å²) in [4.78, 5) is 0. The second kappa shape index (κ2) is 3.26. The van der Waals surface area contributed by atoms with E-state index >= 15 is 0 Å². The number of aromatic hydroxyl groups is 1. The van der Waals surface area contributed by atoms with E-state index in [9.17, 15) is 5.11 Å². The molecule has 0 radical (unpaired) electrons. The molecule has 1 fully saturated rings. The minimum absolute atomic E-state index is 0.168. The Labute approximate surface area is 77.6 Å². The van der Waals surface area contributed by atoms with E-state index in [2.05, 4.69) is 5.32 Å². The molecular weight excluding hydrogens is 164 g/mol. The molecule has 0 saturated carbocycles. The highest BCUT2D eigenvalue weighted by Gasteiger charge is 2.16. The summed E-state index contributed by atoms with van der Waals surface area (Å²) in [5.74, 6) is 0.168. The topological polar surface area (TPSA) is 58.3 Å². The molecule has 0 bridgehead atoms. The standard InChI is InChI=1S/C10H14N2O/c11-8-6-7(3-4-10(8)13)9-2-1-5-12-9/h3-4,6,9,12-13H,1-2,5,11H2. The number of anilines is 1. The molecule has 1 aliphatic heterocycles. The molecule has 3 nitrogen and oxygen atoms in total. The summed E-state index contributed by atoms with van der Waals surface area (Å²) in [6.07, 6.45) is 2.37. The third-order valence-electron chi connectivity index (χ3n) is 2.51. The predicted octanol–water partition coefficient (Wildman–Crippen LogP) is 1.40. The van der Waals surface area contributed by atoms with Crippen molar-refractivity contribution in [3.63, 3.8) is 0 Å². The molecule has 1 aromatic carbocycles. The van der Waals surface area contributed by atoms with E-state index in [0.717, 1.165) is 13.0 Å². The van der Waals surface area contributed by atoms with Gasteiger partial charge in [-0.25, -0.2) is 0 Å². The predicted molar refractivity (Wildman–Crippen MR) is 52.5 cm³/mol. The van der Waals surface area contributed by atoms with Gasteiger partial charge in [0, 0.05) is 6.04 Å². The van der Waals surface area contributed by atoms with Crippen LogP contribution in [0.2, 0.25) is 0 Å². The summed E-state index contributed by atoms with van der Waals surface area (Å²) in [5.41, 5.74) is 7.25. The third-order valence-corrected chi connectivity index (χ3v) is 2.51. The van der Waals surface area contributed by atoms with Crippen LogP contribution >= 0.6 is 0 Å². The number of nitrogens with two attached hydrogens (primary N) is 1. The lowest BCUT2D eigenvalue weighted by Gasteiger charge is -2.11. The number of hydrogen-bond acceptors (Lipinski definition) is 3. The number of nitrogens with one attached hydrogen (secondary N) is 1. The van der Waals surface area contributed by atoms with Crippen molar-refractivity contribution in [1.29, 1.82) is 0 Å². The molecule has 1 aliphatic rings. The first-order valence-corrected chi connectivity index (χ1v) is 4.59. The van der Waals surface area contributed by atoms with Crippen LogP contribution in [0.15, 0.2) is 18.2 Å². The van der Waals surface area contributed by atoms with Crippen LogP contribution in [0.4, 0.5) is 5.69 Å². The first-order chi connectivity index (χ1) is 6.27. The van der Waals surface area contributed by atoms with Crippen LogP contribution in [0.25, 0.3) is 0 Å². The molecule has 1 saturated heterocycles. The van der Waals surface area contributed by atoms with Crippen molar-refractivity contribution < 1.29 is 5.11 Å². The van der Waals surface area contributed by atoms with Crippen LogP contribution in [0.1, 0.15) is 24.4 Å². The van der Waals surface area contributed by atoms with Gasteiger partial charge < -0.3 is 16.2 Å². The first kappa shape index (κ1) is 8.38. The molecular formula is C10H14N2O. The zero-order chi connectivity index (χ0) is 9.26. The fourth-order valence-electron chi connectivity index (χ4n) is 1.76. The molecule has 13 heavy (non-hydrogen) atoms. The molecule has 4 N–H and O–H groups in total. The monoisotopic (exact) mass is 178 g/mol. The number of benzene rings is 1. The van der Waals surface area contributed by atoms with Gasteiger partial charge >= 0.3 is 0 Å². The fourth-order valence-corrected chi connectivity index (χ4v) is 1.76. The average Bonchev–Trinajstić information content (AvgIpc) is 2.62. The smallest absolute Gasteiger partial charge is 0.138 e. The molecule has 1 heterocycles. The van der Waals surface area contributed by atoms with Crippen LogP contribution in [0, 0.1) is 0 Å². The highest BCUT2D eigenvalue weighted by atomic mass is 16.3. The van der Waals surface area contributed by atoms with Gasteiger partial charge in [-0.2, -0.15) is 0 Å². The van der Waals surface area contributed by atoms with Gasteiger partial charge in [0.2, 0.25) is 0 Å². The Morgan fingerprint density at radius 2 is 2.31 bits per heavy atom. The Hall–Kier alpha value is -1.22. The van der Waals surface area contributed by atoms with Gasteiger partial charge in [0.25, 0.3) is 0 Å². The number of phenolic OH excluding ortho intramolecular Hbond substituents is 1. The summed E-state index contributed by atoms with van der Waals surface area (Å²) < 4.78 is 0. The van der Waals surface area contributed by atoms with Crippen molar-refractivity contribution in [2.24, 2.45) is 0 Å². The Balaban J connectivity index is 2.25. The molecule has 70 valence electrons. The van der Waals surface area contributed by atoms with Crippen LogP contribution < -0.4 is 11.1 Å². The highest BCUT2D eigenvalue weighted by molar-refractivity contribution is 5.53. The molecule has 1 unspecified atom stereocenters. The van der Waals surface area contributed by atoms with Gasteiger partial charge in [-0.1, -0.05) is 6.07 Å². The van der Waals surface area contributed by atoms with Crippen molar-refractivity contribution >= 4 is 5.69 Å². The second-order valence-corrected chi connectivity index (χ2v) is 3.47. The van der Waals surface area contributed by atoms with Gasteiger partial charge in [0.05, 0.1) is 5.69 Å². The number of nitrogen functional groups attached to an aromatic ring is 1. The van der Waals surface area contributed by atoms with Crippen LogP contribution in [-0.2, 0) is 0 Å². The molecule has 1 atom stereocenters. The maximum Gasteiger partial charge on any atom is 0.138 e. The van der Waals surface area contributed by atoms with Gasteiger partial charge in [0.15, 0.2) is 0 Å². The largest absolute Gasteiger partial charge is 0.506 e. The number of rotatable bonds is 1. The summed E-state index contributed by atoms with van der Waals surface area (Å²) in [6, 6.07) is 5.85. The maximum absolute atomic E-state index is 9.24. The summed E-state index contributed by atoms with van der Waals surface area (Å²) in [6.45, 7) is 1.07. The van der Waals surface area contributed by atoms with Gasteiger partial charge in [-0.15, -0.1) is 0 Å². The van der Waals surface area contributed by atoms with Crippen molar-refractivity contribution in [2.45, 2.75) is 18.9 Å². The summed E-state index contributed by atoms with van der Waals surface area (Å²) >= 11 is 0. The number of phenols is 1. The van der Waals surface area contributed by atoms with E-state index in [1.165, 1.54) is 12.0 Å².